The number of primary amides is 1. The fourth-order valence-electron chi connectivity index (χ4n) is 3.57. The third-order valence-electron chi connectivity index (χ3n) is 5.16. The van der Waals surface area contributed by atoms with E-state index in [2.05, 4.69) is 20.7 Å². The van der Waals surface area contributed by atoms with Crippen LogP contribution in [0.25, 0.3) is 5.65 Å². The first-order valence-corrected chi connectivity index (χ1v) is 9.98. The fourth-order valence-corrected chi connectivity index (χ4v) is 3.57. The lowest BCUT2D eigenvalue weighted by atomic mass is 10.0. The van der Waals surface area contributed by atoms with Gasteiger partial charge in [0.1, 0.15) is 5.56 Å². The molecule has 9 heteroatoms. The van der Waals surface area contributed by atoms with Gasteiger partial charge in [0, 0.05) is 30.4 Å². The van der Waals surface area contributed by atoms with Crippen molar-refractivity contribution >= 4 is 29.1 Å². The molecule has 162 valence electrons. The summed E-state index contributed by atoms with van der Waals surface area (Å²) < 4.78 is 1.58. The molecule has 0 radical (unpaired) electrons. The van der Waals surface area contributed by atoms with Gasteiger partial charge in [-0.1, -0.05) is 12.1 Å². The van der Waals surface area contributed by atoms with E-state index in [1.54, 1.807) is 10.6 Å². The van der Waals surface area contributed by atoms with Crippen LogP contribution in [0.5, 0.6) is 0 Å². The summed E-state index contributed by atoms with van der Waals surface area (Å²) in [4.78, 5) is 39.8. The maximum absolute atomic E-state index is 12.6. The summed E-state index contributed by atoms with van der Waals surface area (Å²) in [6, 6.07) is 7.16. The molecule has 3 rings (SSSR count). The van der Waals surface area contributed by atoms with Crippen LogP contribution in [0, 0.1) is 13.8 Å². The second kappa shape index (κ2) is 8.95. The molecule has 1 aromatic carbocycles. The molecule has 0 aliphatic heterocycles. The molecule has 0 bridgehead atoms. The summed E-state index contributed by atoms with van der Waals surface area (Å²) in [6.45, 7) is 7.06. The molecule has 3 aromatic rings. The van der Waals surface area contributed by atoms with Crippen LogP contribution in [0.4, 0.5) is 5.69 Å². The molecule has 1 atom stereocenters. The summed E-state index contributed by atoms with van der Waals surface area (Å²) in [5, 5.41) is 9.93. The monoisotopic (exact) mass is 422 g/mol. The van der Waals surface area contributed by atoms with Crippen LogP contribution in [0.3, 0.4) is 0 Å². The van der Waals surface area contributed by atoms with E-state index >= 15 is 0 Å². The van der Waals surface area contributed by atoms with Gasteiger partial charge in [-0.25, -0.2) is 9.50 Å². The first-order valence-electron chi connectivity index (χ1n) is 9.98. The molecule has 2 aromatic heterocycles. The van der Waals surface area contributed by atoms with Crippen molar-refractivity contribution in [3.63, 3.8) is 0 Å². The number of hydrogen-bond acceptors (Lipinski definition) is 5. The zero-order chi connectivity index (χ0) is 22.7. The lowest BCUT2D eigenvalue weighted by molar-refractivity contribution is -0.121. The smallest absolute Gasteiger partial charge is 0.254 e. The maximum atomic E-state index is 12.6. The van der Waals surface area contributed by atoms with Crippen LogP contribution in [0.1, 0.15) is 59.2 Å². The zero-order valence-electron chi connectivity index (χ0n) is 18.0. The Hall–Kier alpha value is -3.75. The number of nitrogens with two attached hydrogens (primary N) is 1. The predicted octanol–water partition coefficient (Wildman–Crippen LogP) is 2.21. The zero-order valence-corrected chi connectivity index (χ0v) is 18.0. The van der Waals surface area contributed by atoms with Crippen molar-refractivity contribution in [1.29, 1.82) is 0 Å². The predicted molar refractivity (Wildman–Crippen MR) is 117 cm³/mol. The minimum atomic E-state index is -0.579. The van der Waals surface area contributed by atoms with Gasteiger partial charge in [-0.2, -0.15) is 5.10 Å². The molecule has 0 spiro atoms. The van der Waals surface area contributed by atoms with E-state index < -0.39 is 5.91 Å². The molecule has 3 amide bonds. The minimum Gasteiger partial charge on any atom is -0.365 e. The highest BCUT2D eigenvalue weighted by Crippen LogP contribution is 2.20. The van der Waals surface area contributed by atoms with Crippen molar-refractivity contribution < 1.29 is 14.4 Å². The minimum absolute atomic E-state index is 0.102. The van der Waals surface area contributed by atoms with Crippen molar-refractivity contribution in [2.75, 3.05) is 5.32 Å². The molecular formula is C22H26N6O3. The lowest BCUT2D eigenvalue weighted by Gasteiger charge is -2.16. The van der Waals surface area contributed by atoms with Gasteiger partial charge in [0.05, 0.1) is 12.2 Å². The third kappa shape index (κ3) is 4.88. The average molecular weight is 422 g/mol. The molecule has 0 aliphatic carbocycles. The third-order valence-corrected chi connectivity index (χ3v) is 5.16. The van der Waals surface area contributed by atoms with E-state index in [9.17, 15) is 14.4 Å². The van der Waals surface area contributed by atoms with Crippen molar-refractivity contribution in [2.24, 2.45) is 5.73 Å². The van der Waals surface area contributed by atoms with Crippen LogP contribution in [0.2, 0.25) is 0 Å². The van der Waals surface area contributed by atoms with Gasteiger partial charge in [-0.3, -0.25) is 14.4 Å². The standard InChI is InChI=1S/C22H26N6O3/c1-12(16-6-5-7-17(10-16)27-15(4)29)25-20(30)9-8-18-13(2)26-22-19(21(23)31)11-24-28(22)14(18)3/h5-7,10-12H,8-9H2,1-4H3,(H2,23,31)(H,25,30)(H,27,29). The number of nitrogens with zero attached hydrogens (tertiary/aromatic N) is 3. The SMILES string of the molecule is CC(=O)Nc1cccc(C(C)NC(=O)CCc2c(C)nc3c(C(N)=O)cnn3c2C)c1. The van der Waals surface area contributed by atoms with Crippen LogP contribution >= 0.6 is 0 Å². The number of carbonyl (C=O) groups excluding carboxylic acids is 3. The fraction of sp³-hybridized carbons (Fsp3) is 0.318. The molecule has 4 N–H and O–H groups in total. The number of hydrogen-bond donors (Lipinski definition) is 3. The first-order chi connectivity index (χ1) is 14.7. The number of aryl methyl sites for hydroxylation is 2. The quantitative estimate of drug-likeness (QED) is 0.537. The van der Waals surface area contributed by atoms with Gasteiger partial charge in [-0.15, -0.1) is 0 Å². The van der Waals surface area contributed by atoms with E-state index in [0.717, 1.165) is 22.5 Å². The van der Waals surface area contributed by atoms with Crippen LogP contribution in [0.15, 0.2) is 30.5 Å². The Morgan fingerprint density at radius 2 is 1.97 bits per heavy atom. The number of rotatable bonds is 7. The summed E-state index contributed by atoms with van der Waals surface area (Å²) in [5.74, 6) is -0.829. The Kier molecular flexibility index (Phi) is 6.33. The van der Waals surface area contributed by atoms with Gasteiger partial charge in [0.2, 0.25) is 11.8 Å². The summed E-state index contributed by atoms with van der Waals surface area (Å²) in [6.07, 6.45) is 2.16. The number of anilines is 1. The van der Waals surface area contributed by atoms with Gasteiger partial charge in [-0.05, 0) is 50.5 Å². The van der Waals surface area contributed by atoms with Crippen LogP contribution in [-0.4, -0.2) is 32.3 Å². The summed E-state index contributed by atoms with van der Waals surface area (Å²) >= 11 is 0. The Balaban J connectivity index is 1.69. The first kappa shape index (κ1) is 21.9. The lowest BCUT2D eigenvalue weighted by Crippen LogP contribution is -2.27. The number of carbonyl (C=O) groups is 3. The Bertz CT molecular complexity index is 1170. The Labute approximate surface area is 180 Å². The molecule has 0 saturated carbocycles. The normalized spacial score (nSPS) is 11.9. The van der Waals surface area contributed by atoms with Crippen molar-refractivity contribution in [1.82, 2.24) is 19.9 Å². The highest BCUT2D eigenvalue weighted by molar-refractivity contribution is 5.98. The summed E-state index contributed by atoms with van der Waals surface area (Å²) in [7, 11) is 0. The van der Waals surface area contributed by atoms with Gasteiger partial charge in [0.25, 0.3) is 5.91 Å². The molecular weight excluding hydrogens is 396 g/mol. The highest BCUT2D eigenvalue weighted by Gasteiger charge is 2.18. The van der Waals surface area contributed by atoms with E-state index in [1.165, 1.54) is 13.1 Å². The molecule has 0 aliphatic rings. The molecule has 0 fully saturated rings. The molecule has 0 saturated heterocycles. The highest BCUT2D eigenvalue weighted by atomic mass is 16.2. The van der Waals surface area contributed by atoms with Gasteiger partial charge in [0.15, 0.2) is 5.65 Å². The van der Waals surface area contributed by atoms with Crippen molar-refractivity contribution in [2.45, 2.75) is 46.6 Å². The Morgan fingerprint density at radius 3 is 2.65 bits per heavy atom. The summed E-state index contributed by atoms with van der Waals surface area (Å²) in [5.41, 5.74) is 10.1. The number of benzene rings is 1. The molecule has 9 nitrogen and oxygen atoms in total. The van der Waals surface area contributed by atoms with Crippen molar-refractivity contribution in [3.8, 4) is 0 Å². The number of amides is 3. The maximum Gasteiger partial charge on any atom is 0.254 e. The van der Waals surface area contributed by atoms with E-state index in [4.69, 9.17) is 5.73 Å². The largest absolute Gasteiger partial charge is 0.365 e. The van der Waals surface area contributed by atoms with Crippen LogP contribution < -0.4 is 16.4 Å². The average Bonchev–Trinajstić information content (AvgIpc) is 3.11. The van der Waals surface area contributed by atoms with E-state index in [1.807, 2.05) is 39.0 Å². The number of aromatic nitrogens is 3. The second-order valence-corrected chi connectivity index (χ2v) is 7.51. The second-order valence-electron chi connectivity index (χ2n) is 7.51. The Morgan fingerprint density at radius 1 is 1.23 bits per heavy atom. The van der Waals surface area contributed by atoms with E-state index in [0.29, 0.717) is 17.8 Å². The van der Waals surface area contributed by atoms with Gasteiger partial charge >= 0.3 is 0 Å². The van der Waals surface area contributed by atoms with Crippen LogP contribution in [-0.2, 0) is 16.0 Å². The molecule has 2 heterocycles. The molecule has 1 unspecified atom stereocenters. The molecule has 31 heavy (non-hydrogen) atoms. The number of fused-ring (bicyclic) bond motifs is 1. The van der Waals surface area contributed by atoms with Crippen molar-refractivity contribution in [3.05, 3.63) is 58.5 Å². The van der Waals surface area contributed by atoms with E-state index in [-0.39, 0.29) is 29.8 Å². The topological polar surface area (TPSA) is 131 Å². The van der Waals surface area contributed by atoms with Gasteiger partial charge < -0.3 is 16.4 Å². The number of nitrogens with one attached hydrogen (secondary N) is 2.